The van der Waals surface area contributed by atoms with Gasteiger partial charge in [0.1, 0.15) is 9.39 Å². The summed E-state index contributed by atoms with van der Waals surface area (Å²) >= 11 is 2.26. The van der Waals surface area contributed by atoms with E-state index in [9.17, 15) is 0 Å². The summed E-state index contributed by atoms with van der Waals surface area (Å²) in [7, 11) is 4.77. The zero-order chi connectivity index (χ0) is 17.8. The molecule has 3 rings (SSSR count). The second-order valence-corrected chi connectivity index (χ2v) is 6.31. The smallest absolute Gasteiger partial charge is 0.203 e. The molecule has 0 N–H and O–H groups in total. The highest BCUT2D eigenvalue weighted by atomic mass is 127. The van der Waals surface area contributed by atoms with Crippen molar-refractivity contribution in [2.75, 3.05) is 21.3 Å². The summed E-state index contributed by atoms with van der Waals surface area (Å²) in [6, 6.07) is 13.9. The van der Waals surface area contributed by atoms with E-state index in [4.69, 9.17) is 14.2 Å². The van der Waals surface area contributed by atoms with Gasteiger partial charge in [0.05, 0.1) is 27.9 Å². The average molecular weight is 451 g/mol. The Morgan fingerprint density at radius 1 is 0.960 bits per heavy atom. The van der Waals surface area contributed by atoms with Gasteiger partial charge in [0.25, 0.3) is 0 Å². The fraction of sp³-hybridized carbons (Fsp3) is 0.222. The van der Waals surface area contributed by atoms with E-state index in [1.165, 1.54) is 5.56 Å². The second kappa shape index (κ2) is 7.73. The van der Waals surface area contributed by atoms with Gasteiger partial charge in [-0.2, -0.15) is 0 Å². The van der Waals surface area contributed by atoms with Crippen LogP contribution in [0.1, 0.15) is 5.56 Å². The van der Waals surface area contributed by atoms with Crippen molar-refractivity contribution in [2.24, 2.45) is 0 Å². The topological polar surface area (TPSA) is 58.4 Å². The first-order chi connectivity index (χ1) is 12.2. The first-order valence-electron chi connectivity index (χ1n) is 7.61. The summed E-state index contributed by atoms with van der Waals surface area (Å²) in [4.78, 5) is 0. The predicted molar refractivity (Wildman–Crippen MR) is 103 cm³/mol. The van der Waals surface area contributed by atoms with Crippen LogP contribution in [-0.4, -0.2) is 36.3 Å². The molecule has 0 aliphatic rings. The molecular weight excluding hydrogens is 433 g/mol. The highest BCUT2D eigenvalue weighted by molar-refractivity contribution is 14.1. The van der Waals surface area contributed by atoms with Gasteiger partial charge < -0.3 is 14.2 Å². The van der Waals surface area contributed by atoms with Gasteiger partial charge >= 0.3 is 0 Å². The minimum Gasteiger partial charge on any atom is -0.493 e. The van der Waals surface area contributed by atoms with E-state index in [0.29, 0.717) is 23.8 Å². The first-order valence-corrected chi connectivity index (χ1v) is 8.69. The maximum absolute atomic E-state index is 5.42. The molecule has 0 saturated carbocycles. The molecule has 0 fully saturated rings. The third-order valence-corrected chi connectivity index (χ3v) is 4.86. The van der Waals surface area contributed by atoms with Crippen molar-refractivity contribution in [2.45, 2.75) is 6.54 Å². The van der Waals surface area contributed by atoms with Crippen LogP contribution in [-0.2, 0) is 6.54 Å². The van der Waals surface area contributed by atoms with Crippen LogP contribution in [0.4, 0.5) is 0 Å². The Bertz CT molecular complexity index is 840. The summed E-state index contributed by atoms with van der Waals surface area (Å²) in [5, 5.41) is 8.63. The Balaban J connectivity index is 2.00. The van der Waals surface area contributed by atoms with Gasteiger partial charge in [-0.15, -0.1) is 5.10 Å². The molecule has 0 unspecified atom stereocenters. The summed E-state index contributed by atoms with van der Waals surface area (Å²) in [5.41, 5.74) is 2.80. The maximum Gasteiger partial charge on any atom is 0.203 e. The molecule has 1 aromatic heterocycles. The number of nitrogens with zero attached hydrogens (tertiary/aromatic N) is 3. The van der Waals surface area contributed by atoms with E-state index in [-0.39, 0.29) is 0 Å². The maximum atomic E-state index is 5.42. The zero-order valence-electron chi connectivity index (χ0n) is 14.2. The summed E-state index contributed by atoms with van der Waals surface area (Å²) in [6.07, 6.45) is 0. The molecule has 7 heteroatoms. The quantitative estimate of drug-likeness (QED) is 0.536. The highest BCUT2D eigenvalue weighted by Crippen LogP contribution is 2.41. The SMILES string of the molecule is COc1cc(-c2nnn(Cc3ccccc3)c2I)cc(OC)c1OC. The van der Waals surface area contributed by atoms with Gasteiger partial charge in [0, 0.05) is 5.56 Å². The summed E-state index contributed by atoms with van der Waals surface area (Å²) in [5.74, 6) is 1.73. The number of hydrogen-bond acceptors (Lipinski definition) is 5. The number of aromatic nitrogens is 3. The minimum absolute atomic E-state index is 0.556. The number of hydrogen-bond donors (Lipinski definition) is 0. The monoisotopic (exact) mass is 451 g/mol. The van der Waals surface area contributed by atoms with Crippen LogP contribution >= 0.6 is 22.6 Å². The highest BCUT2D eigenvalue weighted by Gasteiger charge is 2.18. The molecule has 130 valence electrons. The van der Waals surface area contributed by atoms with Gasteiger partial charge in [-0.25, -0.2) is 4.68 Å². The molecule has 0 amide bonds. The Morgan fingerprint density at radius 2 is 1.60 bits per heavy atom. The molecule has 0 aliphatic heterocycles. The van der Waals surface area contributed by atoms with Gasteiger partial charge in [-0.1, -0.05) is 35.5 Å². The third kappa shape index (κ3) is 3.55. The zero-order valence-corrected chi connectivity index (χ0v) is 16.4. The predicted octanol–water partition coefficient (Wildman–Crippen LogP) is 3.62. The Labute approximate surface area is 159 Å². The van der Waals surface area contributed by atoms with Gasteiger partial charge in [0.2, 0.25) is 5.75 Å². The van der Waals surface area contributed by atoms with Gasteiger partial charge in [0.15, 0.2) is 11.5 Å². The minimum atomic E-state index is 0.556. The lowest BCUT2D eigenvalue weighted by Gasteiger charge is -2.13. The Kier molecular flexibility index (Phi) is 5.42. The molecule has 0 aliphatic carbocycles. The van der Waals surface area contributed by atoms with E-state index in [2.05, 4.69) is 45.0 Å². The number of rotatable bonds is 6. The van der Waals surface area contributed by atoms with E-state index in [0.717, 1.165) is 15.0 Å². The number of ether oxygens (including phenoxy) is 3. The van der Waals surface area contributed by atoms with E-state index in [1.807, 2.05) is 35.0 Å². The van der Waals surface area contributed by atoms with Crippen LogP contribution < -0.4 is 14.2 Å². The van der Waals surface area contributed by atoms with Crippen molar-refractivity contribution >= 4 is 22.6 Å². The number of halogens is 1. The van der Waals surface area contributed by atoms with Crippen molar-refractivity contribution in [1.29, 1.82) is 0 Å². The molecule has 0 spiro atoms. The van der Waals surface area contributed by atoms with Gasteiger partial charge in [-0.3, -0.25) is 0 Å². The second-order valence-electron chi connectivity index (χ2n) is 5.29. The van der Waals surface area contributed by atoms with E-state index >= 15 is 0 Å². The summed E-state index contributed by atoms with van der Waals surface area (Å²) in [6.45, 7) is 0.663. The normalized spacial score (nSPS) is 10.6. The molecule has 6 nitrogen and oxygen atoms in total. The molecule has 1 heterocycles. The van der Waals surface area contributed by atoms with Crippen LogP contribution in [0.2, 0.25) is 0 Å². The number of benzene rings is 2. The molecule has 0 saturated heterocycles. The molecular formula is C18H18IN3O3. The van der Waals surface area contributed by atoms with Crippen LogP contribution in [0, 0.1) is 3.70 Å². The summed E-state index contributed by atoms with van der Waals surface area (Å²) < 4.78 is 19.0. The fourth-order valence-electron chi connectivity index (χ4n) is 2.55. The van der Waals surface area contributed by atoms with Crippen LogP contribution in [0.15, 0.2) is 42.5 Å². The fourth-order valence-corrected chi connectivity index (χ4v) is 3.24. The van der Waals surface area contributed by atoms with Crippen LogP contribution in [0.25, 0.3) is 11.3 Å². The average Bonchev–Trinajstić information content (AvgIpc) is 3.01. The molecule has 0 bridgehead atoms. The van der Waals surface area contributed by atoms with Crippen LogP contribution in [0.5, 0.6) is 17.2 Å². The van der Waals surface area contributed by atoms with Gasteiger partial charge in [-0.05, 0) is 40.3 Å². The van der Waals surface area contributed by atoms with Crippen molar-refractivity contribution < 1.29 is 14.2 Å². The lowest BCUT2D eigenvalue weighted by Crippen LogP contribution is -2.04. The standard InChI is InChI=1S/C18H18IN3O3/c1-23-14-9-13(10-15(24-2)17(14)25-3)16-18(19)22(21-20-16)11-12-7-5-4-6-8-12/h4-10H,11H2,1-3H3. The molecule has 3 aromatic rings. The molecule has 2 aromatic carbocycles. The largest absolute Gasteiger partial charge is 0.493 e. The Morgan fingerprint density at radius 3 is 2.16 bits per heavy atom. The van der Waals surface area contributed by atoms with Crippen molar-refractivity contribution in [3.8, 4) is 28.5 Å². The Hall–Kier alpha value is -2.29. The lowest BCUT2D eigenvalue weighted by molar-refractivity contribution is 0.324. The van der Waals surface area contributed by atoms with E-state index < -0.39 is 0 Å². The first kappa shape index (κ1) is 17.5. The van der Waals surface area contributed by atoms with Crippen molar-refractivity contribution in [1.82, 2.24) is 15.0 Å². The van der Waals surface area contributed by atoms with Crippen LogP contribution in [0.3, 0.4) is 0 Å². The van der Waals surface area contributed by atoms with Crippen molar-refractivity contribution in [3.63, 3.8) is 0 Å². The third-order valence-electron chi connectivity index (χ3n) is 3.79. The molecule has 0 radical (unpaired) electrons. The van der Waals surface area contributed by atoms with Crippen molar-refractivity contribution in [3.05, 3.63) is 51.7 Å². The molecule has 0 atom stereocenters. The lowest BCUT2D eigenvalue weighted by atomic mass is 10.1. The number of methoxy groups -OCH3 is 3. The van der Waals surface area contributed by atoms with E-state index in [1.54, 1.807) is 21.3 Å². The molecule has 25 heavy (non-hydrogen) atoms.